The highest BCUT2D eigenvalue weighted by atomic mass is 16.4. The molecular weight excluding hydrogens is 198 g/mol. The van der Waals surface area contributed by atoms with Crippen molar-refractivity contribution < 1.29 is 9.90 Å². The number of aromatic amines is 1. The molecule has 0 saturated heterocycles. The minimum atomic E-state index is -1.25. The van der Waals surface area contributed by atoms with Gasteiger partial charge in [-0.05, 0) is 13.8 Å². The van der Waals surface area contributed by atoms with Gasteiger partial charge in [-0.2, -0.15) is 5.10 Å². The lowest BCUT2D eigenvalue weighted by Crippen LogP contribution is -2.22. The first kappa shape index (κ1) is 9.45. The molecule has 2 aromatic heterocycles. The summed E-state index contributed by atoms with van der Waals surface area (Å²) in [5.41, 5.74) is 0.670. The van der Waals surface area contributed by atoms with E-state index < -0.39 is 11.5 Å². The average molecular weight is 207 g/mol. The predicted molar refractivity (Wildman–Crippen MR) is 52.2 cm³/mol. The Balaban J connectivity index is 2.95. The highest BCUT2D eigenvalue weighted by Gasteiger charge is 2.16. The van der Waals surface area contributed by atoms with Gasteiger partial charge in [-0.3, -0.25) is 4.79 Å². The Morgan fingerprint density at radius 1 is 1.53 bits per heavy atom. The van der Waals surface area contributed by atoms with E-state index in [1.165, 1.54) is 4.52 Å². The maximum Gasteiger partial charge on any atom is 0.343 e. The first-order valence-corrected chi connectivity index (χ1v) is 4.33. The summed E-state index contributed by atoms with van der Waals surface area (Å²) in [5, 5.41) is 12.9. The molecular formula is C9H9N3O3. The van der Waals surface area contributed by atoms with Crippen LogP contribution in [0.4, 0.5) is 0 Å². The summed E-state index contributed by atoms with van der Waals surface area (Å²) < 4.78 is 1.42. The molecule has 6 nitrogen and oxygen atoms in total. The van der Waals surface area contributed by atoms with Crippen molar-refractivity contribution in [1.29, 1.82) is 0 Å². The summed E-state index contributed by atoms with van der Waals surface area (Å²) in [6, 6.07) is 1.68. The van der Waals surface area contributed by atoms with E-state index in [1.807, 2.05) is 0 Å². The fourth-order valence-corrected chi connectivity index (χ4v) is 1.55. The number of aromatic nitrogens is 3. The molecule has 6 heteroatoms. The van der Waals surface area contributed by atoms with Crippen molar-refractivity contribution in [3.8, 4) is 0 Å². The standard InChI is InChI=1S/C9H9N3O3/c1-4-3-6-10-8(13)7(9(14)15)5(2)12(6)11-4/h3H,1-2H3,(H,10,13)(H,14,15). The number of nitrogens with one attached hydrogen (secondary N) is 1. The molecule has 2 heterocycles. The number of carbonyl (C=O) groups is 1. The minimum absolute atomic E-state index is 0.273. The number of rotatable bonds is 1. The number of hydrogen-bond donors (Lipinski definition) is 2. The van der Waals surface area contributed by atoms with Gasteiger partial charge in [0.15, 0.2) is 0 Å². The highest BCUT2D eigenvalue weighted by Crippen LogP contribution is 2.07. The summed E-state index contributed by atoms with van der Waals surface area (Å²) in [6.07, 6.45) is 0. The second kappa shape index (κ2) is 2.94. The van der Waals surface area contributed by atoms with Gasteiger partial charge in [0.2, 0.25) is 0 Å². The van der Waals surface area contributed by atoms with Gasteiger partial charge < -0.3 is 10.1 Å². The van der Waals surface area contributed by atoms with Gasteiger partial charge in [0, 0.05) is 6.07 Å². The van der Waals surface area contributed by atoms with Gasteiger partial charge in [-0.15, -0.1) is 0 Å². The van der Waals surface area contributed by atoms with Crippen LogP contribution in [0.5, 0.6) is 0 Å². The first-order valence-electron chi connectivity index (χ1n) is 4.33. The van der Waals surface area contributed by atoms with Gasteiger partial charge in [0.1, 0.15) is 11.2 Å². The first-order chi connectivity index (χ1) is 7.00. The SMILES string of the molecule is Cc1cc2[nH]c(=O)c(C(=O)O)c(C)n2n1. The Kier molecular flexibility index (Phi) is 1.85. The van der Waals surface area contributed by atoms with E-state index in [0.717, 1.165) is 5.69 Å². The molecule has 0 radical (unpaired) electrons. The highest BCUT2D eigenvalue weighted by molar-refractivity contribution is 5.88. The molecule has 0 saturated carbocycles. The number of carboxylic acid groups (broad SMARTS) is 1. The molecule has 15 heavy (non-hydrogen) atoms. The fourth-order valence-electron chi connectivity index (χ4n) is 1.55. The molecule has 2 aromatic rings. The number of carboxylic acids is 1. The molecule has 0 fully saturated rings. The number of H-pyrrole nitrogens is 1. The third-order valence-corrected chi connectivity index (χ3v) is 2.19. The van der Waals surface area contributed by atoms with Crippen LogP contribution < -0.4 is 5.56 Å². The lowest BCUT2D eigenvalue weighted by atomic mass is 10.2. The van der Waals surface area contributed by atoms with Crippen molar-refractivity contribution in [3.63, 3.8) is 0 Å². The summed E-state index contributed by atoms with van der Waals surface area (Å²) in [7, 11) is 0. The monoisotopic (exact) mass is 207 g/mol. The van der Waals surface area contributed by atoms with Crippen LogP contribution >= 0.6 is 0 Å². The number of aryl methyl sites for hydroxylation is 2. The molecule has 2 rings (SSSR count). The van der Waals surface area contributed by atoms with Crippen LogP contribution in [0.15, 0.2) is 10.9 Å². The molecule has 0 aromatic carbocycles. The summed E-state index contributed by atoms with van der Waals surface area (Å²) >= 11 is 0. The maximum atomic E-state index is 11.4. The second-order valence-corrected chi connectivity index (χ2v) is 3.30. The Labute approximate surface area is 84.2 Å². The second-order valence-electron chi connectivity index (χ2n) is 3.30. The molecule has 0 bridgehead atoms. The van der Waals surface area contributed by atoms with Crippen LogP contribution in [0, 0.1) is 13.8 Å². The number of aromatic carboxylic acids is 1. The molecule has 0 atom stereocenters. The Bertz CT molecular complexity index is 609. The molecule has 0 aliphatic carbocycles. The summed E-state index contributed by atoms with van der Waals surface area (Å²) in [4.78, 5) is 24.7. The van der Waals surface area contributed by atoms with E-state index in [9.17, 15) is 9.59 Å². The number of fused-ring (bicyclic) bond motifs is 1. The molecule has 0 unspecified atom stereocenters. The van der Waals surface area contributed by atoms with E-state index >= 15 is 0 Å². The van der Waals surface area contributed by atoms with Crippen LogP contribution in [0.1, 0.15) is 21.7 Å². The fraction of sp³-hybridized carbons (Fsp3) is 0.222. The molecule has 2 N–H and O–H groups in total. The van der Waals surface area contributed by atoms with Crippen molar-refractivity contribution in [1.82, 2.24) is 14.6 Å². The van der Waals surface area contributed by atoms with Crippen molar-refractivity contribution >= 4 is 11.6 Å². The molecule has 0 aliphatic rings. The maximum absolute atomic E-state index is 11.4. The largest absolute Gasteiger partial charge is 0.477 e. The zero-order valence-corrected chi connectivity index (χ0v) is 8.24. The summed E-state index contributed by atoms with van der Waals surface area (Å²) in [6.45, 7) is 3.32. The van der Waals surface area contributed by atoms with E-state index in [-0.39, 0.29) is 5.56 Å². The van der Waals surface area contributed by atoms with Gasteiger partial charge in [-0.1, -0.05) is 0 Å². The van der Waals surface area contributed by atoms with Crippen LogP contribution in [0.25, 0.3) is 5.65 Å². The number of nitrogens with zero attached hydrogens (tertiary/aromatic N) is 2. The van der Waals surface area contributed by atoms with Crippen molar-refractivity contribution in [2.45, 2.75) is 13.8 Å². The smallest absolute Gasteiger partial charge is 0.343 e. The Hall–Kier alpha value is -2.11. The Morgan fingerprint density at radius 2 is 2.20 bits per heavy atom. The lowest BCUT2D eigenvalue weighted by molar-refractivity contribution is 0.0693. The average Bonchev–Trinajstić information content (AvgIpc) is 2.45. The van der Waals surface area contributed by atoms with Gasteiger partial charge >= 0.3 is 5.97 Å². The van der Waals surface area contributed by atoms with Crippen molar-refractivity contribution in [2.24, 2.45) is 0 Å². The quantitative estimate of drug-likeness (QED) is 0.705. The van der Waals surface area contributed by atoms with E-state index in [1.54, 1.807) is 19.9 Å². The predicted octanol–water partition coefficient (Wildman–Crippen LogP) is 0.338. The summed E-state index contributed by atoms with van der Waals surface area (Å²) in [5.74, 6) is -1.25. The van der Waals surface area contributed by atoms with Crippen molar-refractivity contribution in [3.05, 3.63) is 33.4 Å². The molecule has 78 valence electrons. The van der Waals surface area contributed by atoms with E-state index in [2.05, 4.69) is 10.1 Å². The number of hydrogen-bond acceptors (Lipinski definition) is 3. The van der Waals surface area contributed by atoms with Gasteiger partial charge in [-0.25, -0.2) is 9.31 Å². The van der Waals surface area contributed by atoms with Gasteiger partial charge in [0.05, 0.1) is 11.4 Å². The molecule has 0 amide bonds. The topological polar surface area (TPSA) is 87.5 Å². The minimum Gasteiger partial charge on any atom is -0.477 e. The molecule has 0 aliphatic heterocycles. The normalized spacial score (nSPS) is 10.8. The van der Waals surface area contributed by atoms with Crippen LogP contribution in [-0.4, -0.2) is 25.7 Å². The zero-order valence-electron chi connectivity index (χ0n) is 8.24. The Morgan fingerprint density at radius 3 is 2.80 bits per heavy atom. The van der Waals surface area contributed by atoms with Crippen LogP contribution in [0.2, 0.25) is 0 Å². The zero-order chi connectivity index (χ0) is 11.2. The molecule has 0 spiro atoms. The van der Waals surface area contributed by atoms with E-state index in [0.29, 0.717) is 11.3 Å². The van der Waals surface area contributed by atoms with Crippen LogP contribution in [0.3, 0.4) is 0 Å². The third kappa shape index (κ3) is 1.30. The van der Waals surface area contributed by atoms with Crippen molar-refractivity contribution in [2.75, 3.05) is 0 Å². The third-order valence-electron chi connectivity index (χ3n) is 2.19. The van der Waals surface area contributed by atoms with E-state index in [4.69, 9.17) is 5.11 Å². The van der Waals surface area contributed by atoms with Crippen LogP contribution in [-0.2, 0) is 0 Å². The lowest BCUT2D eigenvalue weighted by Gasteiger charge is -2.02. The van der Waals surface area contributed by atoms with Gasteiger partial charge in [0.25, 0.3) is 5.56 Å².